The Kier molecular flexibility index (Phi) is 8.16. The summed E-state index contributed by atoms with van der Waals surface area (Å²) >= 11 is 0. The van der Waals surface area contributed by atoms with Gasteiger partial charge in [0.05, 0.1) is 5.56 Å². The van der Waals surface area contributed by atoms with Gasteiger partial charge in [-0.1, -0.05) is 17.3 Å². The first kappa shape index (κ1) is 28.4. The van der Waals surface area contributed by atoms with Crippen molar-refractivity contribution in [2.75, 3.05) is 36.4 Å². The second-order valence-electron chi connectivity index (χ2n) is 10.4. The van der Waals surface area contributed by atoms with E-state index < -0.39 is 23.6 Å². The molecule has 0 spiro atoms. The predicted molar refractivity (Wildman–Crippen MR) is 150 cm³/mol. The normalized spacial score (nSPS) is 17.3. The van der Waals surface area contributed by atoms with Crippen LogP contribution >= 0.6 is 0 Å². The molecule has 0 radical (unpaired) electrons. The molecule has 5 rings (SSSR count). The summed E-state index contributed by atoms with van der Waals surface area (Å²) < 4.78 is 46.2. The maximum Gasteiger partial charge on any atom is 0.416 e. The maximum absolute atomic E-state index is 13.6. The molecule has 3 aromatic rings. The van der Waals surface area contributed by atoms with Crippen LogP contribution in [0.4, 0.5) is 24.5 Å². The molecular formula is C30H32F3N5O3. The van der Waals surface area contributed by atoms with E-state index in [1.54, 1.807) is 18.2 Å². The minimum atomic E-state index is -4.58. The SMILES string of the molecule is Cc1ccc(NC(=O)c2cc(N3CCCC3)cc(C(F)(F)F)c2)cc1-c1cc(C(=O)NCC2=CCCNC2C)on1. The number of halogens is 3. The number of benzene rings is 2. The lowest BCUT2D eigenvalue weighted by Gasteiger charge is -2.22. The van der Waals surface area contributed by atoms with Crippen molar-refractivity contribution in [1.29, 1.82) is 0 Å². The number of anilines is 2. The zero-order chi connectivity index (χ0) is 29.1. The van der Waals surface area contributed by atoms with Crippen molar-refractivity contribution < 1.29 is 27.3 Å². The summed E-state index contributed by atoms with van der Waals surface area (Å²) in [5.74, 6) is -1.01. The number of rotatable bonds is 7. The molecule has 1 unspecified atom stereocenters. The average molecular weight is 568 g/mol. The first-order chi connectivity index (χ1) is 19.6. The molecule has 3 heterocycles. The van der Waals surface area contributed by atoms with Gasteiger partial charge in [0.1, 0.15) is 5.69 Å². The summed E-state index contributed by atoms with van der Waals surface area (Å²) in [5.41, 5.74) is 2.72. The van der Waals surface area contributed by atoms with Crippen molar-refractivity contribution in [2.45, 2.75) is 45.3 Å². The Morgan fingerprint density at radius 1 is 1.10 bits per heavy atom. The molecule has 0 saturated carbocycles. The van der Waals surface area contributed by atoms with Crippen LogP contribution in [-0.4, -0.2) is 49.2 Å². The average Bonchev–Trinajstić information content (AvgIpc) is 3.66. The Bertz CT molecular complexity index is 1470. The van der Waals surface area contributed by atoms with Gasteiger partial charge in [0.25, 0.3) is 11.8 Å². The highest BCUT2D eigenvalue weighted by Crippen LogP contribution is 2.34. The number of nitrogens with zero attached hydrogens (tertiary/aromatic N) is 2. The van der Waals surface area contributed by atoms with Gasteiger partial charge in [-0.2, -0.15) is 13.2 Å². The number of hydrogen-bond acceptors (Lipinski definition) is 6. The van der Waals surface area contributed by atoms with Crippen LogP contribution in [0.5, 0.6) is 0 Å². The van der Waals surface area contributed by atoms with E-state index in [0.717, 1.165) is 49.1 Å². The molecule has 0 aliphatic carbocycles. The van der Waals surface area contributed by atoms with Crippen LogP contribution in [0.1, 0.15) is 58.2 Å². The van der Waals surface area contributed by atoms with Crippen molar-refractivity contribution in [1.82, 2.24) is 15.8 Å². The molecule has 1 saturated heterocycles. The summed E-state index contributed by atoms with van der Waals surface area (Å²) in [6, 6.07) is 10.2. The van der Waals surface area contributed by atoms with Gasteiger partial charge in [-0.05, 0) is 81.1 Å². The van der Waals surface area contributed by atoms with Crippen LogP contribution < -0.4 is 20.9 Å². The third kappa shape index (κ3) is 6.62. The van der Waals surface area contributed by atoms with E-state index in [1.165, 1.54) is 12.1 Å². The van der Waals surface area contributed by atoms with Crippen LogP contribution in [0.25, 0.3) is 11.3 Å². The Morgan fingerprint density at radius 3 is 2.61 bits per heavy atom. The fourth-order valence-electron chi connectivity index (χ4n) is 5.11. The number of carbonyl (C=O) groups excluding carboxylic acids is 2. The van der Waals surface area contributed by atoms with Gasteiger partial charge in [0.15, 0.2) is 0 Å². The van der Waals surface area contributed by atoms with Crippen molar-refractivity contribution in [3.8, 4) is 11.3 Å². The van der Waals surface area contributed by atoms with E-state index in [9.17, 15) is 22.8 Å². The number of alkyl halides is 3. The highest BCUT2D eigenvalue weighted by molar-refractivity contribution is 6.05. The second-order valence-corrected chi connectivity index (χ2v) is 10.4. The molecule has 2 aliphatic heterocycles. The summed E-state index contributed by atoms with van der Waals surface area (Å²) in [5, 5.41) is 12.9. The van der Waals surface area contributed by atoms with E-state index in [0.29, 0.717) is 42.3 Å². The minimum absolute atomic E-state index is 0.0456. The number of nitrogens with one attached hydrogen (secondary N) is 3. The summed E-state index contributed by atoms with van der Waals surface area (Å²) in [6.45, 7) is 6.47. The summed E-state index contributed by atoms with van der Waals surface area (Å²) in [7, 11) is 0. The van der Waals surface area contributed by atoms with Gasteiger partial charge < -0.3 is 25.4 Å². The molecule has 2 amide bonds. The van der Waals surface area contributed by atoms with E-state index in [-0.39, 0.29) is 17.4 Å². The van der Waals surface area contributed by atoms with E-state index >= 15 is 0 Å². The lowest BCUT2D eigenvalue weighted by Crippen LogP contribution is -2.37. The molecule has 1 aromatic heterocycles. The summed E-state index contributed by atoms with van der Waals surface area (Å²) in [4.78, 5) is 27.7. The van der Waals surface area contributed by atoms with E-state index in [1.807, 2.05) is 18.7 Å². The number of carbonyl (C=O) groups is 2. The second kappa shape index (κ2) is 11.8. The van der Waals surface area contributed by atoms with Crippen LogP contribution in [-0.2, 0) is 6.18 Å². The minimum Gasteiger partial charge on any atom is -0.372 e. The summed E-state index contributed by atoms with van der Waals surface area (Å²) in [6.07, 6.45) is 0.222. The Labute approximate surface area is 236 Å². The van der Waals surface area contributed by atoms with Gasteiger partial charge in [-0.25, -0.2) is 0 Å². The molecule has 2 aliphatic rings. The molecule has 3 N–H and O–H groups in total. The molecule has 2 aromatic carbocycles. The Morgan fingerprint density at radius 2 is 1.88 bits per heavy atom. The Hall–Kier alpha value is -4.12. The fraction of sp³-hybridized carbons (Fsp3) is 0.367. The van der Waals surface area contributed by atoms with E-state index in [4.69, 9.17) is 4.52 Å². The molecule has 41 heavy (non-hydrogen) atoms. The quantitative estimate of drug-likeness (QED) is 0.324. The topological polar surface area (TPSA) is 99.5 Å². The Balaban J connectivity index is 1.32. The van der Waals surface area contributed by atoms with Gasteiger partial charge in [-0.15, -0.1) is 0 Å². The monoisotopic (exact) mass is 567 g/mol. The first-order valence-electron chi connectivity index (χ1n) is 13.7. The highest BCUT2D eigenvalue weighted by Gasteiger charge is 2.32. The molecule has 0 bridgehead atoms. The molecular weight excluding hydrogens is 535 g/mol. The smallest absolute Gasteiger partial charge is 0.372 e. The largest absolute Gasteiger partial charge is 0.416 e. The molecule has 1 fully saturated rings. The number of amides is 2. The van der Waals surface area contributed by atoms with Crippen LogP contribution in [0, 0.1) is 6.92 Å². The van der Waals surface area contributed by atoms with Crippen molar-refractivity contribution in [3.05, 3.63) is 76.6 Å². The molecule has 1 atom stereocenters. The van der Waals surface area contributed by atoms with Crippen molar-refractivity contribution in [2.24, 2.45) is 0 Å². The third-order valence-electron chi connectivity index (χ3n) is 7.49. The van der Waals surface area contributed by atoms with Crippen molar-refractivity contribution in [3.63, 3.8) is 0 Å². The van der Waals surface area contributed by atoms with Crippen LogP contribution in [0.3, 0.4) is 0 Å². The van der Waals surface area contributed by atoms with Gasteiger partial charge in [-0.3, -0.25) is 9.59 Å². The third-order valence-corrected chi connectivity index (χ3v) is 7.49. The molecule has 11 heteroatoms. The molecule has 8 nitrogen and oxygen atoms in total. The zero-order valence-corrected chi connectivity index (χ0v) is 22.9. The zero-order valence-electron chi connectivity index (χ0n) is 22.9. The van der Waals surface area contributed by atoms with E-state index in [2.05, 4.69) is 27.2 Å². The maximum atomic E-state index is 13.6. The molecule has 216 valence electrons. The predicted octanol–water partition coefficient (Wildman–Crippen LogP) is 5.56. The number of hydrogen-bond donors (Lipinski definition) is 3. The lowest BCUT2D eigenvalue weighted by molar-refractivity contribution is -0.137. The van der Waals surface area contributed by atoms with Crippen molar-refractivity contribution >= 4 is 23.2 Å². The highest BCUT2D eigenvalue weighted by atomic mass is 19.4. The first-order valence-corrected chi connectivity index (χ1v) is 13.7. The lowest BCUT2D eigenvalue weighted by atomic mass is 10.0. The van der Waals surface area contributed by atoms with Gasteiger partial charge in [0, 0.05) is 54.2 Å². The standard InChI is InChI=1S/C30H32F3N5O3/c1-18-7-8-23(36-28(39)21-12-22(30(31,32)33)14-24(13-21)38-10-3-4-11-38)15-25(18)26-16-27(41-37-26)29(40)35-17-20-6-5-9-34-19(20)2/h6-8,12-16,19,34H,3-5,9-11,17H2,1-2H3,(H,35,40)(H,36,39). The van der Waals surface area contributed by atoms with Gasteiger partial charge >= 0.3 is 6.18 Å². The van der Waals surface area contributed by atoms with Crippen LogP contribution in [0.2, 0.25) is 0 Å². The fourth-order valence-corrected chi connectivity index (χ4v) is 5.11. The number of aryl methyl sites for hydroxylation is 1. The number of aromatic nitrogens is 1. The van der Waals surface area contributed by atoms with Gasteiger partial charge in [0.2, 0.25) is 5.76 Å². The van der Waals surface area contributed by atoms with Crippen LogP contribution in [0.15, 0.2) is 58.6 Å².